The normalized spacial score (nSPS) is 12.8. The Hall–Kier alpha value is -1.01. The quantitative estimate of drug-likeness (QED) is 0.638. The molecule has 0 radical (unpaired) electrons. The summed E-state index contributed by atoms with van der Waals surface area (Å²) in [6.45, 7) is 2.21. The van der Waals surface area contributed by atoms with Gasteiger partial charge < -0.3 is 0 Å². The molecule has 90 valence electrons. The van der Waals surface area contributed by atoms with Gasteiger partial charge in [-0.15, -0.1) is 11.6 Å². The van der Waals surface area contributed by atoms with Crippen LogP contribution in [0.5, 0.6) is 0 Å². The monoisotopic (exact) mass is 246 g/mol. The highest BCUT2D eigenvalue weighted by Gasteiger charge is 2.07. The summed E-state index contributed by atoms with van der Waals surface area (Å²) in [5.74, 6) is 0. The van der Waals surface area contributed by atoms with Crippen LogP contribution in [0.15, 0.2) is 42.5 Å². The van der Waals surface area contributed by atoms with Crippen molar-refractivity contribution < 1.29 is 0 Å². The largest absolute Gasteiger partial charge is 0.123 e. The summed E-state index contributed by atoms with van der Waals surface area (Å²) in [5.41, 5.74) is 1.37. The fourth-order valence-corrected chi connectivity index (χ4v) is 2.56. The third-order valence-corrected chi connectivity index (χ3v) is 3.56. The number of unbranched alkanes of at least 4 members (excludes halogenated alkanes) is 1. The molecule has 0 saturated heterocycles. The molecule has 1 atom stereocenters. The molecule has 0 aliphatic carbocycles. The van der Waals surface area contributed by atoms with E-state index < -0.39 is 0 Å². The van der Waals surface area contributed by atoms with Crippen LogP contribution in [0, 0.1) is 0 Å². The molecule has 0 aliphatic rings. The second-order valence-corrected chi connectivity index (χ2v) is 5.20. The highest BCUT2D eigenvalue weighted by Crippen LogP contribution is 2.22. The maximum atomic E-state index is 6.39. The van der Waals surface area contributed by atoms with E-state index in [-0.39, 0.29) is 5.38 Å². The van der Waals surface area contributed by atoms with E-state index in [0.717, 1.165) is 12.8 Å². The maximum Gasteiger partial charge on any atom is 0.0376 e. The molecule has 0 saturated carbocycles. The number of fused-ring (bicyclic) bond motifs is 1. The Morgan fingerprint density at radius 3 is 2.65 bits per heavy atom. The van der Waals surface area contributed by atoms with Crippen molar-refractivity contribution in [3.05, 3.63) is 48.0 Å². The van der Waals surface area contributed by atoms with Crippen LogP contribution in [-0.2, 0) is 6.42 Å². The van der Waals surface area contributed by atoms with Crippen molar-refractivity contribution in [2.45, 2.75) is 38.0 Å². The molecule has 0 amide bonds. The molecule has 0 aromatic heterocycles. The van der Waals surface area contributed by atoms with Gasteiger partial charge in [0.15, 0.2) is 0 Å². The van der Waals surface area contributed by atoms with E-state index >= 15 is 0 Å². The molecule has 0 fully saturated rings. The second-order valence-electron chi connectivity index (χ2n) is 4.58. The van der Waals surface area contributed by atoms with E-state index in [1.54, 1.807) is 0 Å². The highest BCUT2D eigenvalue weighted by atomic mass is 35.5. The molecule has 0 spiro atoms. The molecule has 1 heteroatoms. The van der Waals surface area contributed by atoms with Gasteiger partial charge in [0, 0.05) is 5.38 Å². The first-order valence-corrected chi connectivity index (χ1v) is 6.85. The Morgan fingerprint density at radius 2 is 1.82 bits per heavy atom. The molecule has 0 bridgehead atoms. The van der Waals surface area contributed by atoms with Crippen molar-refractivity contribution in [1.29, 1.82) is 0 Å². The second kappa shape index (κ2) is 6.07. The topological polar surface area (TPSA) is 0 Å². The molecule has 2 aromatic carbocycles. The molecular formula is C16H19Cl. The molecule has 0 N–H and O–H groups in total. The first-order chi connectivity index (χ1) is 8.31. The Morgan fingerprint density at radius 1 is 1.06 bits per heavy atom. The van der Waals surface area contributed by atoms with Gasteiger partial charge in [0.2, 0.25) is 0 Å². The standard InChI is InChI=1S/C16H19Cl/c1-2-3-10-15(17)12-14-9-6-8-13-7-4-5-11-16(13)14/h4-9,11,15H,2-3,10,12H2,1H3. The number of rotatable bonds is 5. The lowest BCUT2D eigenvalue weighted by atomic mass is 9.99. The van der Waals surface area contributed by atoms with Crippen LogP contribution in [0.4, 0.5) is 0 Å². The summed E-state index contributed by atoms with van der Waals surface area (Å²) in [5, 5.41) is 2.92. The van der Waals surface area contributed by atoms with Crippen LogP contribution >= 0.6 is 11.6 Å². The molecular weight excluding hydrogens is 228 g/mol. The number of halogens is 1. The van der Waals surface area contributed by atoms with Crippen molar-refractivity contribution in [2.24, 2.45) is 0 Å². The van der Waals surface area contributed by atoms with Crippen LogP contribution in [0.3, 0.4) is 0 Å². The van der Waals surface area contributed by atoms with Crippen LogP contribution in [0.25, 0.3) is 10.8 Å². The van der Waals surface area contributed by atoms with Gasteiger partial charge in [-0.1, -0.05) is 62.2 Å². The van der Waals surface area contributed by atoms with Crippen molar-refractivity contribution >= 4 is 22.4 Å². The SMILES string of the molecule is CCCCC(Cl)Cc1cccc2ccccc12. The molecule has 0 heterocycles. The van der Waals surface area contributed by atoms with Gasteiger partial charge in [0.1, 0.15) is 0 Å². The van der Waals surface area contributed by atoms with E-state index in [1.165, 1.54) is 29.2 Å². The van der Waals surface area contributed by atoms with E-state index in [9.17, 15) is 0 Å². The fraction of sp³-hybridized carbons (Fsp3) is 0.375. The number of alkyl halides is 1. The molecule has 2 rings (SSSR count). The Bertz CT molecular complexity index is 470. The fourth-order valence-electron chi connectivity index (χ4n) is 2.24. The Labute approximate surface area is 109 Å². The third kappa shape index (κ3) is 3.23. The molecule has 0 aliphatic heterocycles. The van der Waals surface area contributed by atoms with E-state index in [0.29, 0.717) is 0 Å². The smallest absolute Gasteiger partial charge is 0.0376 e. The first kappa shape index (κ1) is 12.4. The predicted molar refractivity (Wildman–Crippen MR) is 76.8 cm³/mol. The minimum Gasteiger partial charge on any atom is -0.123 e. The number of hydrogen-bond donors (Lipinski definition) is 0. The van der Waals surface area contributed by atoms with Gasteiger partial charge >= 0.3 is 0 Å². The minimum atomic E-state index is 0.265. The van der Waals surface area contributed by atoms with E-state index in [4.69, 9.17) is 11.6 Å². The zero-order valence-electron chi connectivity index (χ0n) is 10.3. The van der Waals surface area contributed by atoms with E-state index in [1.807, 2.05) is 0 Å². The molecule has 0 nitrogen and oxygen atoms in total. The van der Waals surface area contributed by atoms with E-state index in [2.05, 4.69) is 49.4 Å². The van der Waals surface area contributed by atoms with Gasteiger partial charge in [-0.05, 0) is 29.2 Å². The highest BCUT2D eigenvalue weighted by molar-refractivity contribution is 6.20. The lowest BCUT2D eigenvalue weighted by Crippen LogP contribution is -2.03. The van der Waals surface area contributed by atoms with Crippen LogP contribution in [0.1, 0.15) is 31.7 Å². The number of hydrogen-bond acceptors (Lipinski definition) is 0. The molecule has 1 unspecified atom stereocenters. The van der Waals surface area contributed by atoms with Crippen LogP contribution in [0.2, 0.25) is 0 Å². The molecule has 2 aromatic rings. The lowest BCUT2D eigenvalue weighted by molar-refractivity contribution is 0.675. The van der Waals surface area contributed by atoms with Gasteiger partial charge in [-0.25, -0.2) is 0 Å². The van der Waals surface area contributed by atoms with Gasteiger partial charge in [-0.2, -0.15) is 0 Å². The summed E-state index contributed by atoms with van der Waals surface area (Å²) in [4.78, 5) is 0. The van der Waals surface area contributed by atoms with Crippen molar-refractivity contribution in [2.75, 3.05) is 0 Å². The zero-order valence-corrected chi connectivity index (χ0v) is 11.1. The van der Waals surface area contributed by atoms with Crippen molar-refractivity contribution in [3.63, 3.8) is 0 Å². The summed E-state index contributed by atoms with van der Waals surface area (Å²) < 4.78 is 0. The predicted octanol–water partition coefficient (Wildman–Crippen LogP) is 5.18. The Kier molecular flexibility index (Phi) is 4.44. The van der Waals surface area contributed by atoms with Crippen molar-refractivity contribution in [3.8, 4) is 0 Å². The van der Waals surface area contributed by atoms with Crippen LogP contribution in [-0.4, -0.2) is 5.38 Å². The maximum absolute atomic E-state index is 6.39. The average molecular weight is 247 g/mol. The van der Waals surface area contributed by atoms with Crippen LogP contribution < -0.4 is 0 Å². The van der Waals surface area contributed by atoms with Gasteiger partial charge in [0.05, 0.1) is 0 Å². The third-order valence-electron chi connectivity index (χ3n) is 3.19. The summed E-state index contributed by atoms with van der Waals surface area (Å²) >= 11 is 6.39. The summed E-state index contributed by atoms with van der Waals surface area (Å²) in [6.07, 6.45) is 4.53. The summed E-state index contributed by atoms with van der Waals surface area (Å²) in [7, 11) is 0. The zero-order chi connectivity index (χ0) is 12.1. The molecule has 17 heavy (non-hydrogen) atoms. The lowest BCUT2D eigenvalue weighted by Gasteiger charge is -2.11. The van der Waals surface area contributed by atoms with Gasteiger partial charge in [0.25, 0.3) is 0 Å². The summed E-state index contributed by atoms with van der Waals surface area (Å²) in [6, 6.07) is 15.0. The Balaban J connectivity index is 2.18. The van der Waals surface area contributed by atoms with Gasteiger partial charge in [-0.3, -0.25) is 0 Å². The first-order valence-electron chi connectivity index (χ1n) is 6.42. The number of benzene rings is 2. The minimum absolute atomic E-state index is 0.265. The van der Waals surface area contributed by atoms with Crippen molar-refractivity contribution in [1.82, 2.24) is 0 Å². The average Bonchev–Trinajstić information content (AvgIpc) is 2.37.